The summed E-state index contributed by atoms with van der Waals surface area (Å²) in [5.41, 5.74) is -0.109. The van der Waals surface area contributed by atoms with Gasteiger partial charge in [0.15, 0.2) is 0 Å². The molecule has 0 aliphatic carbocycles. The Hall–Kier alpha value is -1.87. The number of hydrogen-bond donors (Lipinski definition) is 2. The van der Waals surface area contributed by atoms with Crippen molar-refractivity contribution in [2.24, 2.45) is 5.14 Å². The molecule has 21 heavy (non-hydrogen) atoms. The second-order valence-electron chi connectivity index (χ2n) is 4.99. The van der Waals surface area contributed by atoms with Gasteiger partial charge in [0, 0.05) is 25.2 Å². The third-order valence-corrected chi connectivity index (χ3v) is 4.48. The maximum Gasteiger partial charge on any atom is 0.353 e. The standard InChI is InChI=1S/C12H17N3O5S/c1-8(16)14-6-3-2-4-10(14)9-5-7-15(21(13,19)20)11(9)12(17)18/h5,7,10H,2-4,6H2,1H3,(H,17,18)(H2,13,19,20). The van der Waals surface area contributed by atoms with E-state index in [4.69, 9.17) is 5.14 Å². The highest BCUT2D eigenvalue weighted by atomic mass is 32.2. The van der Waals surface area contributed by atoms with E-state index in [9.17, 15) is 23.1 Å². The molecule has 1 amide bonds. The molecular weight excluding hydrogens is 298 g/mol. The SMILES string of the molecule is CC(=O)N1CCCCC1c1ccn(S(N)(=O)=O)c1C(=O)O. The van der Waals surface area contributed by atoms with E-state index in [2.05, 4.69) is 0 Å². The van der Waals surface area contributed by atoms with Crippen LogP contribution in [-0.2, 0) is 15.0 Å². The fraction of sp³-hybridized carbons (Fsp3) is 0.500. The number of aromatic carboxylic acids is 1. The Morgan fingerprint density at radius 3 is 2.57 bits per heavy atom. The number of aromatic nitrogens is 1. The van der Waals surface area contributed by atoms with Crippen LogP contribution in [0.15, 0.2) is 12.3 Å². The fourth-order valence-corrected chi connectivity index (χ4v) is 3.43. The van der Waals surface area contributed by atoms with Crippen molar-refractivity contribution < 1.29 is 23.1 Å². The molecule has 0 spiro atoms. The Bertz CT molecular complexity index is 679. The fourth-order valence-electron chi connectivity index (χ4n) is 2.76. The number of carbonyl (C=O) groups is 2. The molecule has 1 aliphatic heterocycles. The van der Waals surface area contributed by atoms with Crippen LogP contribution < -0.4 is 5.14 Å². The maximum absolute atomic E-state index is 11.7. The summed E-state index contributed by atoms with van der Waals surface area (Å²) in [6.07, 6.45) is 3.39. The van der Waals surface area contributed by atoms with Crippen LogP contribution in [0.4, 0.5) is 0 Å². The van der Waals surface area contributed by atoms with Gasteiger partial charge in [0.2, 0.25) is 5.91 Å². The molecule has 0 saturated carbocycles. The number of piperidine rings is 1. The quantitative estimate of drug-likeness (QED) is 0.831. The molecule has 3 N–H and O–H groups in total. The molecule has 1 atom stereocenters. The number of hydrogen-bond acceptors (Lipinski definition) is 4. The van der Waals surface area contributed by atoms with Gasteiger partial charge in [0.1, 0.15) is 5.69 Å². The molecule has 116 valence electrons. The summed E-state index contributed by atoms with van der Waals surface area (Å²) in [6, 6.07) is 0.963. The summed E-state index contributed by atoms with van der Waals surface area (Å²) in [6.45, 7) is 1.94. The summed E-state index contributed by atoms with van der Waals surface area (Å²) in [4.78, 5) is 24.7. The first kappa shape index (κ1) is 15.5. The van der Waals surface area contributed by atoms with E-state index in [1.807, 2.05) is 0 Å². The van der Waals surface area contributed by atoms with Crippen LogP contribution in [0.25, 0.3) is 0 Å². The van der Waals surface area contributed by atoms with Crippen LogP contribution >= 0.6 is 0 Å². The van der Waals surface area contributed by atoms with Gasteiger partial charge in [-0.2, -0.15) is 8.42 Å². The van der Waals surface area contributed by atoms with E-state index < -0.39 is 27.9 Å². The number of carboxylic acids is 1. The van der Waals surface area contributed by atoms with E-state index in [0.717, 1.165) is 19.0 Å². The number of likely N-dealkylation sites (tertiary alicyclic amines) is 1. The summed E-state index contributed by atoms with van der Waals surface area (Å²) in [5.74, 6) is -1.56. The van der Waals surface area contributed by atoms with E-state index in [-0.39, 0.29) is 5.91 Å². The highest BCUT2D eigenvalue weighted by Crippen LogP contribution is 2.33. The van der Waals surface area contributed by atoms with Gasteiger partial charge in [-0.25, -0.2) is 13.9 Å². The number of nitrogens with two attached hydrogens (primary N) is 1. The normalized spacial score (nSPS) is 19.5. The minimum Gasteiger partial charge on any atom is -0.477 e. The zero-order valence-electron chi connectivity index (χ0n) is 11.5. The van der Waals surface area contributed by atoms with E-state index >= 15 is 0 Å². The molecular formula is C12H17N3O5S. The van der Waals surface area contributed by atoms with Crippen molar-refractivity contribution in [1.29, 1.82) is 0 Å². The summed E-state index contributed by atoms with van der Waals surface area (Å²) < 4.78 is 23.5. The summed E-state index contributed by atoms with van der Waals surface area (Å²) in [5, 5.41) is 14.3. The van der Waals surface area contributed by atoms with Gasteiger partial charge in [-0.1, -0.05) is 0 Å². The molecule has 1 fully saturated rings. The maximum atomic E-state index is 11.7. The molecule has 0 radical (unpaired) electrons. The van der Waals surface area contributed by atoms with Crippen LogP contribution in [0.1, 0.15) is 48.3 Å². The first-order valence-corrected chi connectivity index (χ1v) is 7.99. The lowest BCUT2D eigenvalue weighted by Gasteiger charge is -2.35. The van der Waals surface area contributed by atoms with Crippen molar-refractivity contribution in [3.05, 3.63) is 23.5 Å². The monoisotopic (exact) mass is 315 g/mol. The zero-order valence-corrected chi connectivity index (χ0v) is 12.3. The van der Waals surface area contributed by atoms with Crippen molar-refractivity contribution in [3.8, 4) is 0 Å². The second-order valence-corrected chi connectivity index (χ2v) is 6.41. The van der Waals surface area contributed by atoms with Crippen LogP contribution in [0.5, 0.6) is 0 Å². The molecule has 1 aromatic rings. The Balaban J connectivity index is 2.55. The Kier molecular flexibility index (Phi) is 4.06. The average molecular weight is 315 g/mol. The average Bonchev–Trinajstić information content (AvgIpc) is 2.83. The Labute approximate surface area is 122 Å². The lowest BCUT2D eigenvalue weighted by atomic mass is 9.95. The number of rotatable bonds is 3. The molecule has 2 heterocycles. The van der Waals surface area contributed by atoms with Gasteiger partial charge in [-0.15, -0.1) is 0 Å². The smallest absolute Gasteiger partial charge is 0.353 e. The molecule has 1 aromatic heterocycles. The van der Waals surface area contributed by atoms with Crippen LogP contribution in [-0.4, -0.2) is 40.8 Å². The highest BCUT2D eigenvalue weighted by Gasteiger charge is 2.32. The number of amides is 1. The summed E-state index contributed by atoms with van der Waals surface area (Å²) in [7, 11) is -4.20. The van der Waals surface area contributed by atoms with E-state index in [1.54, 1.807) is 4.90 Å². The topological polar surface area (TPSA) is 123 Å². The third kappa shape index (κ3) is 2.93. The first-order valence-electron chi connectivity index (χ1n) is 6.48. The predicted octanol–water partition coefficient (Wildman–Crippen LogP) is 0.311. The summed E-state index contributed by atoms with van der Waals surface area (Å²) >= 11 is 0. The molecule has 8 nitrogen and oxygen atoms in total. The molecule has 1 aliphatic rings. The van der Waals surface area contributed by atoms with Gasteiger partial charge in [-0.05, 0) is 25.3 Å². The largest absolute Gasteiger partial charge is 0.477 e. The molecule has 0 aromatic carbocycles. The van der Waals surface area contributed by atoms with Crippen LogP contribution in [0.3, 0.4) is 0 Å². The third-order valence-electron chi connectivity index (χ3n) is 3.63. The van der Waals surface area contributed by atoms with Crippen LogP contribution in [0.2, 0.25) is 0 Å². The Morgan fingerprint density at radius 2 is 2.05 bits per heavy atom. The molecule has 2 rings (SSSR count). The minimum atomic E-state index is -4.20. The van der Waals surface area contributed by atoms with E-state index in [0.29, 0.717) is 22.5 Å². The minimum absolute atomic E-state index is 0.167. The lowest BCUT2D eigenvalue weighted by Crippen LogP contribution is -2.37. The van der Waals surface area contributed by atoms with Gasteiger partial charge < -0.3 is 10.0 Å². The van der Waals surface area contributed by atoms with Crippen molar-refractivity contribution in [3.63, 3.8) is 0 Å². The zero-order chi connectivity index (χ0) is 15.8. The van der Waals surface area contributed by atoms with Crippen molar-refractivity contribution in [1.82, 2.24) is 8.87 Å². The second kappa shape index (κ2) is 5.49. The van der Waals surface area contributed by atoms with Gasteiger partial charge in [-0.3, -0.25) is 4.79 Å². The molecule has 0 bridgehead atoms. The predicted molar refractivity (Wildman–Crippen MR) is 73.9 cm³/mol. The van der Waals surface area contributed by atoms with Crippen molar-refractivity contribution in [2.45, 2.75) is 32.2 Å². The van der Waals surface area contributed by atoms with Gasteiger partial charge in [0.05, 0.1) is 6.04 Å². The molecule has 9 heteroatoms. The van der Waals surface area contributed by atoms with Gasteiger partial charge in [0.25, 0.3) is 0 Å². The first-order chi connectivity index (χ1) is 9.73. The number of carboxylic acid groups (broad SMARTS) is 1. The van der Waals surface area contributed by atoms with Crippen molar-refractivity contribution >= 4 is 22.1 Å². The van der Waals surface area contributed by atoms with Crippen molar-refractivity contribution in [2.75, 3.05) is 6.54 Å². The number of nitrogens with zero attached hydrogens (tertiary/aromatic N) is 2. The molecule has 1 saturated heterocycles. The van der Waals surface area contributed by atoms with Gasteiger partial charge >= 0.3 is 16.2 Å². The highest BCUT2D eigenvalue weighted by molar-refractivity contribution is 7.87. The molecule has 1 unspecified atom stereocenters. The Morgan fingerprint density at radius 1 is 1.38 bits per heavy atom. The van der Waals surface area contributed by atoms with E-state index in [1.165, 1.54) is 13.0 Å². The number of carbonyl (C=O) groups excluding carboxylic acids is 1. The van der Waals surface area contributed by atoms with Crippen LogP contribution in [0, 0.1) is 0 Å². The lowest BCUT2D eigenvalue weighted by molar-refractivity contribution is -0.132.